The highest BCUT2D eigenvalue weighted by Crippen LogP contribution is 2.32. The SMILES string of the molecule is Cc1ccccc1-n1nc(C)c(CCC(=O)Nc2ccccc2)c1Oc1cccc(F)c1. The van der Waals surface area contributed by atoms with Crippen LogP contribution in [0.4, 0.5) is 10.1 Å². The van der Waals surface area contributed by atoms with Gasteiger partial charge in [0.2, 0.25) is 11.8 Å². The van der Waals surface area contributed by atoms with Crippen molar-refractivity contribution in [2.45, 2.75) is 26.7 Å². The number of aryl methyl sites for hydroxylation is 2. The predicted molar refractivity (Wildman–Crippen MR) is 123 cm³/mol. The Kier molecular flexibility index (Phi) is 6.31. The average Bonchev–Trinajstić information content (AvgIpc) is 3.08. The number of ether oxygens (including phenoxy) is 1. The first-order valence-electron chi connectivity index (χ1n) is 10.4. The number of carbonyl (C=O) groups is 1. The molecule has 0 unspecified atom stereocenters. The lowest BCUT2D eigenvalue weighted by Crippen LogP contribution is -2.12. The van der Waals surface area contributed by atoms with E-state index in [1.165, 1.54) is 12.1 Å². The van der Waals surface area contributed by atoms with Crippen molar-refractivity contribution in [1.29, 1.82) is 0 Å². The van der Waals surface area contributed by atoms with E-state index in [4.69, 9.17) is 4.74 Å². The lowest BCUT2D eigenvalue weighted by molar-refractivity contribution is -0.116. The molecule has 1 amide bonds. The second kappa shape index (κ2) is 9.47. The number of rotatable bonds is 7. The highest BCUT2D eigenvalue weighted by molar-refractivity contribution is 5.90. The van der Waals surface area contributed by atoms with Crippen molar-refractivity contribution in [2.75, 3.05) is 5.32 Å². The van der Waals surface area contributed by atoms with E-state index in [1.807, 2.05) is 68.4 Å². The summed E-state index contributed by atoms with van der Waals surface area (Å²) in [6, 6.07) is 23.1. The molecule has 5 nitrogen and oxygen atoms in total. The molecule has 0 radical (unpaired) electrons. The van der Waals surface area contributed by atoms with Crippen molar-refractivity contribution in [2.24, 2.45) is 0 Å². The van der Waals surface area contributed by atoms with E-state index < -0.39 is 0 Å². The van der Waals surface area contributed by atoms with Crippen LogP contribution in [-0.2, 0) is 11.2 Å². The van der Waals surface area contributed by atoms with Crippen LogP contribution in [0.15, 0.2) is 78.9 Å². The Morgan fingerprint density at radius 1 is 1.00 bits per heavy atom. The minimum Gasteiger partial charge on any atom is -0.439 e. The summed E-state index contributed by atoms with van der Waals surface area (Å²) in [4.78, 5) is 12.5. The van der Waals surface area contributed by atoms with Gasteiger partial charge in [-0.15, -0.1) is 0 Å². The summed E-state index contributed by atoms with van der Waals surface area (Å²) in [6.45, 7) is 3.88. The Labute approximate surface area is 186 Å². The molecule has 0 aliphatic heterocycles. The molecule has 0 spiro atoms. The number of amides is 1. The second-order valence-electron chi connectivity index (χ2n) is 7.54. The number of aromatic nitrogens is 2. The third-order valence-corrected chi connectivity index (χ3v) is 5.15. The highest BCUT2D eigenvalue weighted by atomic mass is 19.1. The quantitative estimate of drug-likeness (QED) is 0.392. The smallest absolute Gasteiger partial charge is 0.226 e. The average molecular weight is 429 g/mol. The van der Waals surface area contributed by atoms with Crippen LogP contribution in [0, 0.1) is 19.7 Å². The summed E-state index contributed by atoms with van der Waals surface area (Å²) in [5.41, 5.74) is 4.20. The first kappa shape index (κ1) is 21.3. The maximum Gasteiger partial charge on any atom is 0.226 e. The fourth-order valence-electron chi connectivity index (χ4n) is 3.52. The van der Waals surface area contributed by atoms with Crippen LogP contribution in [-0.4, -0.2) is 15.7 Å². The van der Waals surface area contributed by atoms with Crippen molar-refractivity contribution >= 4 is 11.6 Å². The molecular weight excluding hydrogens is 405 g/mol. The summed E-state index contributed by atoms with van der Waals surface area (Å²) in [7, 11) is 0. The van der Waals surface area contributed by atoms with Crippen molar-refractivity contribution in [1.82, 2.24) is 9.78 Å². The van der Waals surface area contributed by atoms with E-state index in [0.29, 0.717) is 18.1 Å². The number of halogens is 1. The van der Waals surface area contributed by atoms with E-state index in [2.05, 4.69) is 10.4 Å². The molecule has 6 heteroatoms. The molecule has 0 aliphatic carbocycles. The second-order valence-corrected chi connectivity index (χ2v) is 7.54. The van der Waals surface area contributed by atoms with Gasteiger partial charge in [-0.3, -0.25) is 4.79 Å². The van der Waals surface area contributed by atoms with Crippen molar-refractivity contribution in [3.63, 3.8) is 0 Å². The zero-order valence-electron chi connectivity index (χ0n) is 18.0. The molecule has 0 atom stereocenters. The molecule has 1 heterocycles. The fraction of sp³-hybridized carbons (Fsp3) is 0.154. The Morgan fingerprint density at radius 3 is 2.50 bits per heavy atom. The lowest BCUT2D eigenvalue weighted by atomic mass is 10.1. The zero-order valence-corrected chi connectivity index (χ0v) is 18.0. The zero-order chi connectivity index (χ0) is 22.5. The fourth-order valence-corrected chi connectivity index (χ4v) is 3.52. The van der Waals surface area contributed by atoms with Crippen LogP contribution < -0.4 is 10.1 Å². The van der Waals surface area contributed by atoms with Gasteiger partial charge in [0.15, 0.2) is 0 Å². The van der Waals surface area contributed by atoms with Gasteiger partial charge in [-0.1, -0.05) is 42.5 Å². The topological polar surface area (TPSA) is 56.2 Å². The molecule has 4 rings (SSSR count). The maximum absolute atomic E-state index is 13.8. The van der Waals surface area contributed by atoms with Gasteiger partial charge in [0.25, 0.3) is 0 Å². The number of hydrogen-bond donors (Lipinski definition) is 1. The molecule has 0 saturated carbocycles. The number of nitrogens with one attached hydrogen (secondary N) is 1. The summed E-state index contributed by atoms with van der Waals surface area (Å²) in [5, 5.41) is 7.59. The van der Waals surface area contributed by atoms with Crippen molar-refractivity contribution in [3.8, 4) is 17.3 Å². The van der Waals surface area contributed by atoms with E-state index in [0.717, 1.165) is 28.2 Å². The molecule has 0 fully saturated rings. The van der Waals surface area contributed by atoms with Gasteiger partial charge in [-0.2, -0.15) is 9.78 Å². The van der Waals surface area contributed by atoms with E-state index in [1.54, 1.807) is 16.8 Å². The Hall–Kier alpha value is -3.93. The molecule has 162 valence electrons. The van der Waals surface area contributed by atoms with E-state index >= 15 is 0 Å². The Morgan fingerprint density at radius 2 is 1.75 bits per heavy atom. The minimum absolute atomic E-state index is 0.101. The van der Waals surface area contributed by atoms with E-state index in [-0.39, 0.29) is 18.1 Å². The molecule has 0 aliphatic rings. The van der Waals surface area contributed by atoms with Gasteiger partial charge in [-0.25, -0.2) is 4.39 Å². The molecule has 1 N–H and O–H groups in total. The molecule has 3 aromatic carbocycles. The van der Waals surface area contributed by atoms with Gasteiger partial charge in [0.1, 0.15) is 11.6 Å². The number of para-hydroxylation sites is 2. The number of hydrogen-bond acceptors (Lipinski definition) is 3. The molecule has 0 bridgehead atoms. The summed E-state index contributed by atoms with van der Waals surface area (Å²) in [5.74, 6) is 0.366. The van der Waals surface area contributed by atoms with Gasteiger partial charge in [0.05, 0.1) is 11.4 Å². The standard InChI is InChI=1S/C26H24FN3O2/c1-18-9-6-7-14-24(18)30-26(32-22-13-8-10-20(27)17-22)23(19(2)29-30)15-16-25(31)28-21-11-4-3-5-12-21/h3-14,17H,15-16H2,1-2H3,(H,28,31). The number of nitrogens with zero attached hydrogens (tertiary/aromatic N) is 2. The molecule has 1 aromatic heterocycles. The van der Waals surface area contributed by atoms with Crippen LogP contribution in [0.25, 0.3) is 5.69 Å². The van der Waals surface area contributed by atoms with Crippen LogP contribution in [0.5, 0.6) is 11.6 Å². The van der Waals surface area contributed by atoms with Crippen LogP contribution in [0.2, 0.25) is 0 Å². The minimum atomic E-state index is -0.384. The molecule has 4 aromatic rings. The largest absolute Gasteiger partial charge is 0.439 e. The number of carbonyl (C=O) groups excluding carboxylic acids is 1. The van der Waals surface area contributed by atoms with Gasteiger partial charge in [0, 0.05) is 23.7 Å². The monoisotopic (exact) mass is 429 g/mol. The normalized spacial score (nSPS) is 10.7. The van der Waals surface area contributed by atoms with Crippen molar-refractivity contribution in [3.05, 3.63) is 102 Å². The van der Waals surface area contributed by atoms with Gasteiger partial charge in [-0.05, 0) is 56.2 Å². The number of anilines is 1. The van der Waals surface area contributed by atoms with Crippen LogP contribution in [0.3, 0.4) is 0 Å². The molecule has 0 saturated heterocycles. The lowest BCUT2D eigenvalue weighted by Gasteiger charge is -2.13. The third-order valence-electron chi connectivity index (χ3n) is 5.15. The predicted octanol–water partition coefficient (Wildman–Crippen LogP) is 5.99. The van der Waals surface area contributed by atoms with Crippen LogP contribution in [0.1, 0.15) is 23.2 Å². The highest BCUT2D eigenvalue weighted by Gasteiger charge is 2.21. The Balaban J connectivity index is 1.65. The first-order chi connectivity index (χ1) is 15.5. The van der Waals surface area contributed by atoms with E-state index in [9.17, 15) is 9.18 Å². The number of benzene rings is 3. The first-order valence-corrected chi connectivity index (χ1v) is 10.4. The summed E-state index contributed by atoms with van der Waals surface area (Å²) < 4.78 is 21.6. The summed E-state index contributed by atoms with van der Waals surface area (Å²) >= 11 is 0. The molecule has 32 heavy (non-hydrogen) atoms. The Bertz CT molecular complexity index is 1240. The molecular formula is C26H24FN3O2. The maximum atomic E-state index is 13.8. The third kappa shape index (κ3) is 4.86. The van der Waals surface area contributed by atoms with Crippen molar-refractivity contribution < 1.29 is 13.9 Å². The van der Waals surface area contributed by atoms with Gasteiger partial charge >= 0.3 is 0 Å². The summed E-state index contributed by atoms with van der Waals surface area (Å²) in [6.07, 6.45) is 0.690. The van der Waals surface area contributed by atoms with Gasteiger partial charge < -0.3 is 10.1 Å². The van der Waals surface area contributed by atoms with Crippen LogP contribution >= 0.6 is 0 Å².